The van der Waals surface area contributed by atoms with Crippen molar-refractivity contribution >= 4 is 0 Å². The van der Waals surface area contributed by atoms with E-state index in [1.807, 2.05) is 0 Å². The lowest BCUT2D eigenvalue weighted by molar-refractivity contribution is 0.408. The Hall–Kier alpha value is -1.69. The molecule has 0 spiro atoms. The Balaban J connectivity index is 3.27. The van der Waals surface area contributed by atoms with Crippen LogP contribution >= 0.6 is 0 Å². The van der Waals surface area contributed by atoms with Gasteiger partial charge in [-0.15, -0.1) is 0 Å². The van der Waals surface area contributed by atoms with Crippen molar-refractivity contribution in [3.05, 3.63) is 23.8 Å². The molecule has 0 fully saturated rings. The quantitative estimate of drug-likeness (QED) is 0.779. The van der Waals surface area contributed by atoms with Gasteiger partial charge in [0.25, 0.3) is 0 Å². The molecule has 74 valence electrons. The maximum atomic E-state index is 9.59. The lowest BCUT2D eigenvalue weighted by atomic mass is 9.85. The fraction of sp³-hybridized carbons (Fsp3) is 0.364. The molecule has 0 heterocycles. The Morgan fingerprint density at radius 3 is 2.57 bits per heavy atom. The van der Waals surface area contributed by atoms with E-state index >= 15 is 0 Å². The van der Waals surface area contributed by atoms with Crippen molar-refractivity contribution in [2.75, 3.05) is 7.11 Å². The molecule has 1 N–H and O–H groups in total. The molecule has 0 aliphatic heterocycles. The van der Waals surface area contributed by atoms with E-state index in [4.69, 9.17) is 10.00 Å². The summed E-state index contributed by atoms with van der Waals surface area (Å²) >= 11 is 0. The van der Waals surface area contributed by atoms with Gasteiger partial charge in [-0.2, -0.15) is 5.26 Å². The lowest BCUT2D eigenvalue weighted by Gasteiger charge is -2.17. The van der Waals surface area contributed by atoms with Crippen molar-refractivity contribution < 1.29 is 9.84 Å². The molecule has 1 aromatic carbocycles. The summed E-state index contributed by atoms with van der Waals surface area (Å²) in [6.45, 7) is 3.50. The van der Waals surface area contributed by atoms with Crippen LogP contribution in [0.3, 0.4) is 0 Å². The van der Waals surface area contributed by atoms with Crippen molar-refractivity contribution in [3.8, 4) is 17.6 Å². The monoisotopic (exact) mass is 191 g/mol. The highest BCUT2D eigenvalue weighted by molar-refractivity contribution is 5.46. The summed E-state index contributed by atoms with van der Waals surface area (Å²) in [5, 5.41) is 18.5. The predicted molar refractivity (Wildman–Crippen MR) is 53.3 cm³/mol. The fourth-order valence-corrected chi connectivity index (χ4v) is 1.20. The molecule has 0 radical (unpaired) electrons. The first-order valence-electron chi connectivity index (χ1n) is 4.30. The van der Waals surface area contributed by atoms with Gasteiger partial charge in [0, 0.05) is 5.56 Å². The molecule has 3 nitrogen and oxygen atoms in total. The van der Waals surface area contributed by atoms with Crippen LogP contribution in [0, 0.1) is 11.3 Å². The summed E-state index contributed by atoms with van der Waals surface area (Å²) in [7, 11) is 1.55. The van der Waals surface area contributed by atoms with E-state index in [0.29, 0.717) is 11.3 Å². The Labute approximate surface area is 83.6 Å². The first-order chi connectivity index (χ1) is 6.51. The second-order valence-corrected chi connectivity index (χ2v) is 3.62. The van der Waals surface area contributed by atoms with Crippen LogP contribution in [0.1, 0.15) is 19.4 Å². The molecule has 0 atom stereocenters. The van der Waals surface area contributed by atoms with Crippen molar-refractivity contribution in [2.24, 2.45) is 0 Å². The van der Waals surface area contributed by atoms with Crippen LogP contribution < -0.4 is 4.74 Å². The van der Waals surface area contributed by atoms with Crippen LogP contribution in [-0.4, -0.2) is 12.2 Å². The molecular formula is C11H13NO2. The largest absolute Gasteiger partial charge is 0.508 e. The van der Waals surface area contributed by atoms with Crippen molar-refractivity contribution in [1.82, 2.24) is 0 Å². The molecule has 0 aromatic heterocycles. The highest BCUT2D eigenvalue weighted by Gasteiger charge is 2.23. The van der Waals surface area contributed by atoms with Gasteiger partial charge in [-0.3, -0.25) is 0 Å². The van der Waals surface area contributed by atoms with Crippen LogP contribution in [0.25, 0.3) is 0 Å². The van der Waals surface area contributed by atoms with Crippen LogP contribution in [0.5, 0.6) is 11.5 Å². The maximum Gasteiger partial charge on any atom is 0.120 e. The maximum absolute atomic E-state index is 9.59. The summed E-state index contributed by atoms with van der Waals surface area (Å²) in [6.07, 6.45) is 0. The molecule has 1 aromatic rings. The third-order valence-electron chi connectivity index (χ3n) is 2.16. The topological polar surface area (TPSA) is 53.2 Å². The van der Waals surface area contributed by atoms with Gasteiger partial charge in [0.15, 0.2) is 0 Å². The summed E-state index contributed by atoms with van der Waals surface area (Å²) in [4.78, 5) is 0. The van der Waals surface area contributed by atoms with Crippen LogP contribution in [0.15, 0.2) is 18.2 Å². The number of nitrogens with zero attached hydrogens (tertiary/aromatic N) is 1. The van der Waals surface area contributed by atoms with Gasteiger partial charge >= 0.3 is 0 Å². The zero-order valence-electron chi connectivity index (χ0n) is 8.53. The second kappa shape index (κ2) is 3.59. The van der Waals surface area contributed by atoms with Crippen molar-refractivity contribution in [1.29, 1.82) is 5.26 Å². The zero-order valence-corrected chi connectivity index (χ0v) is 8.53. The summed E-state index contributed by atoms with van der Waals surface area (Å²) in [5.74, 6) is 0.762. The van der Waals surface area contributed by atoms with Gasteiger partial charge in [-0.05, 0) is 32.0 Å². The van der Waals surface area contributed by atoms with Crippen LogP contribution in [0.4, 0.5) is 0 Å². The zero-order chi connectivity index (χ0) is 10.8. The van der Waals surface area contributed by atoms with Gasteiger partial charge in [-0.25, -0.2) is 0 Å². The van der Waals surface area contributed by atoms with Gasteiger partial charge in [0.2, 0.25) is 0 Å². The van der Waals surface area contributed by atoms with Crippen molar-refractivity contribution in [3.63, 3.8) is 0 Å². The third-order valence-corrected chi connectivity index (χ3v) is 2.16. The molecule has 0 saturated carbocycles. The Kier molecular flexibility index (Phi) is 2.66. The van der Waals surface area contributed by atoms with Gasteiger partial charge in [-0.1, -0.05) is 0 Å². The summed E-state index contributed by atoms with van der Waals surface area (Å²) in [5.41, 5.74) is -0.127. The SMILES string of the molecule is COc1ccc(O)c(C(C)(C)C#N)c1. The Bertz CT molecular complexity index is 377. The summed E-state index contributed by atoms with van der Waals surface area (Å²) < 4.78 is 5.03. The normalized spacial score (nSPS) is 10.7. The minimum atomic E-state index is -0.710. The molecular weight excluding hydrogens is 178 g/mol. The average Bonchev–Trinajstić information content (AvgIpc) is 2.18. The molecule has 0 aliphatic rings. The molecule has 0 unspecified atom stereocenters. The third kappa shape index (κ3) is 1.80. The first kappa shape index (κ1) is 10.4. The average molecular weight is 191 g/mol. The number of ether oxygens (including phenoxy) is 1. The minimum Gasteiger partial charge on any atom is -0.508 e. The van der Waals surface area contributed by atoms with Gasteiger partial charge in [0.05, 0.1) is 18.6 Å². The lowest BCUT2D eigenvalue weighted by Crippen LogP contribution is -2.14. The second-order valence-electron chi connectivity index (χ2n) is 3.62. The highest BCUT2D eigenvalue weighted by atomic mass is 16.5. The number of rotatable bonds is 2. The van der Waals surface area contributed by atoms with E-state index in [0.717, 1.165) is 0 Å². The Morgan fingerprint density at radius 2 is 2.07 bits per heavy atom. The number of phenols is 1. The van der Waals surface area contributed by atoms with Crippen LogP contribution in [0.2, 0.25) is 0 Å². The van der Waals surface area contributed by atoms with E-state index in [1.165, 1.54) is 6.07 Å². The number of hydrogen-bond donors (Lipinski definition) is 1. The number of phenolic OH excluding ortho intramolecular Hbond substituents is 1. The predicted octanol–water partition coefficient (Wildman–Crippen LogP) is 2.20. The Morgan fingerprint density at radius 1 is 1.43 bits per heavy atom. The smallest absolute Gasteiger partial charge is 0.120 e. The number of hydrogen-bond acceptors (Lipinski definition) is 3. The number of nitriles is 1. The van der Waals surface area contributed by atoms with Gasteiger partial charge in [0.1, 0.15) is 11.5 Å². The van der Waals surface area contributed by atoms with E-state index in [1.54, 1.807) is 33.1 Å². The molecule has 0 aliphatic carbocycles. The van der Waals surface area contributed by atoms with E-state index in [-0.39, 0.29) is 5.75 Å². The standard InChI is InChI=1S/C11H13NO2/c1-11(2,7-12)9-6-8(14-3)4-5-10(9)13/h4-6,13H,1-3H3. The minimum absolute atomic E-state index is 0.123. The van der Waals surface area contributed by atoms with Crippen LogP contribution in [-0.2, 0) is 5.41 Å². The molecule has 14 heavy (non-hydrogen) atoms. The number of methoxy groups -OCH3 is 1. The highest BCUT2D eigenvalue weighted by Crippen LogP contribution is 2.33. The van der Waals surface area contributed by atoms with E-state index in [2.05, 4.69) is 6.07 Å². The molecule has 1 rings (SSSR count). The molecule has 0 amide bonds. The first-order valence-corrected chi connectivity index (χ1v) is 4.30. The number of aromatic hydroxyl groups is 1. The number of benzene rings is 1. The van der Waals surface area contributed by atoms with Crippen molar-refractivity contribution in [2.45, 2.75) is 19.3 Å². The van der Waals surface area contributed by atoms with E-state index in [9.17, 15) is 5.11 Å². The summed E-state index contributed by atoms with van der Waals surface area (Å²) in [6, 6.07) is 7.01. The van der Waals surface area contributed by atoms with E-state index < -0.39 is 5.41 Å². The van der Waals surface area contributed by atoms with Gasteiger partial charge < -0.3 is 9.84 Å². The molecule has 0 saturated heterocycles. The fourth-order valence-electron chi connectivity index (χ4n) is 1.20. The molecule has 0 bridgehead atoms. The molecule has 3 heteroatoms.